The molecule has 2 heterocycles. The van der Waals surface area contributed by atoms with Crippen molar-refractivity contribution in [3.05, 3.63) is 76.3 Å². The Balaban J connectivity index is 1.77. The minimum absolute atomic E-state index is 0.109. The number of urea groups is 1. The van der Waals surface area contributed by atoms with Crippen molar-refractivity contribution in [3.63, 3.8) is 0 Å². The minimum Gasteiger partial charge on any atom is -0.334 e. The molecule has 1 aliphatic rings. The van der Waals surface area contributed by atoms with Crippen molar-refractivity contribution < 1.29 is 9.32 Å². The van der Waals surface area contributed by atoms with Crippen molar-refractivity contribution in [2.75, 3.05) is 6.54 Å². The van der Waals surface area contributed by atoms with Crippen LogP contribution < -0.4 is 5.32 Å². The number of nitrogens with one attached hydrogen (secondary N) is 1. The van der Waals surface area contributed by atoms with E-state index in [4.69, 9.17) is 16.1 Å². The van der Waals surface area contributed by atoms with E-state index in [0.29, 0.717) is 23.3 Å². The van der Waals surface area contributed by atoms with Gasteiger partial charge in [0.25, 0.3) is 5.89 Å². The van der Waals surface area contributed by atoms with Gasteiger partial charge < -0.3 is 9.84 Å². The van der Waals surface area contributed by atoms with Crippen LogP contribution in [0.2, 0.25) is 5.02 Å². The number of amides is 2. The third kappa shape index (κ3) is 4.55. The first-order chi connectivity index (χ1) is 15.5. The number of allylic oxidation sites excluding steroid dienone is 1. The topological polar surface area (TPSA) is 71.3 Å². The maximum Gasteiger partial charge on any atom is 0.322 e. The highest BCUT2D eigenvalue weighted by Crippen LogP contribution is 2.37. The average molecular weight is 451 g/mol. The van der Waals surface area contributed by atoms with Gasteiger partial charge in [0.15, 0.2) is 0 Å². The number of benzene rings is 2. The van der Waals surface area contributed by atoms with Gasteiger partial charge in [0.05, 0.1) is 11.6 Å². The van der Waals surface area contributed by atoms with Gasteiger partial charge in [-0.25, -0.2) is 4.79 Å². The number of hydrogen-bond donors (Lipinski definition) is 1. The van der Waals surface area contributed by atoms with Crippen LogP contribution in [0.4, 0.5) is 4.79 Å². The van der Waals surface area contributed by atoms with Gasteiger partial charge in [-0.05, 0) is 38.0 Å². The van der Waals surface area contributed by atoms with Gasteiger partial charge in [0.2, 0.25) is 5.82 Å². The van der Waals surface area contributed by atoms with Crippen LogP contribution >= 0.6 is 11.6 Å². The number of hydrogen-bond acceptors (Lipinski definition) is 4. The molecule has 7 heteroatoms. The molecule has 0 radical (unpaired) electrons. The second kappa shape index (κ2) is 9.57. The molecule has 0 saturated carbocycles. The molecule has 1 aromatic heterocycles. The number of aromatic nitrogens is 2. The largest absolute Gasteiger partial charge is 0.334 e. The average Bonchev–Trinajstić information content (AvgIpc) is 3.26. The fourth-order valence-electron chi connectivity index (χ4n) is 3.93. The molecule has 0 bridgehead atoms. The number of aryl methyl sites for hydroxylation is 1. The van der Waals surface area contributed by atoms with E-state index in [1.165, 1.54) is 0 Å². The molecule has 4 rings (SSSR count). The number of halogens is 1. The van der Waals surface area contributed by atoms with Crippen LogP contribution in [-0.4, -0.2) is 27.6 Å². The van der Waals surface area contributed by atoms with Crippen molar-refractivity contribution in [1.82, 2.24) is 20.4 Å². The van der Waals surface area contributed by atoms with Crippen LogP contribution in [0.15, 0.2) is 58.8 Å². The van der Waals surface area contributed by atoms with Gasteiger partial charge in [-0.2, -0.15) is 4.98 Å². The van der Waals surface area contributed by atoms with Crippen LogP contribution in [0.1, 0.15) is 56.2 Å². The number of carbonyl (C=O) groups excluding carboxylic acids is 1. The van der Waals surface area contributed by atoms with Crippen molar-refractivity contribution >= 4 is 23.2 Å². The highest BCUT2D eigenvalue weighted by Gasteiger charge is 2.35. The Morgan fingerprint density at radius 2 is 1.91 bits per heavy atom. The molecule has 166 valence electrons. The fraction of sp³-hybridized carbons (Fsp3) is 0.320. The lowest BCUT2D eigenvalue weighted by molar-refractivity contribution is 0.204. The van der Waals surface area contributed by atoms with Crippen LogP contribution in [0.25, 0.3) is 17.0 Å². The highest BCUT2D eigenvalue weighted by atomic mass is 35.5. The standard InChI is InChI=1S/C25H27ClN4O2/c1-4-5-6-14-30-17(3)21(22(27-25(30)31)18-12-10-16(2)11-13-18)24-28-23(29-32-24)19-8-7-9-20(26)15-19/h7-13,15,22H,4-6,14H2,1-3H3,(H,27,31). The molecular weight excluding hydrogens is 424 g/mol. The van der Waals surface area contributed by atoms with Gasteiger partial charge >= 0.3 is 6.03 Å². The fourth-order valence-corrected chi connectivity index (χ4v) is 4.12. The lowest BCUT2D eigenvalue weighted by Crippen LogP contribution is -2.46. The Kier molecular flexibility index (Phi) is 6.61. The zero-order chi connectivity index (χ0) is 22.7. The maximum atomic E-state index is 13.0. The molecule has 0 fully saturated rings. The van der Waals surface area contributed by atoms with Gasteiger partial charge in [-0.1, -0.05) is 78.5 Å². The van der Waals surface area contributed by atoms with Crippen LogP contribution in [0.3, 0.4) is 0 Å². The van der Waals surface area contributed by atoms with E-state index < -0.39 is 0 Å². The summed E-state index contributed by atoms with van der Waals surface area (Å²) in [7, 11) is 0. The van der Waals surface area contributed by atoms with E-state index in [0.717, 1.165) is 47.2 Å². The van der Waals surface area contributed by atoms with E-state index in [9.17, 15) is 4.79 Å². The van der Waals surface area contributed by atoms with Crippen LogP contribution in [0.5, 0.6) is 0 Å². The van der Waals surface area contributed by atoms with E-state index in [1.807, 2.05) is 50.2 Å². The summed E-state index contributed by atoms with van der Waals surface area (Å²) in [6, 6.07) is 15.0. The summed E-state index contributed by atoms with van der Waals surface area (Å²) in [4.78, 5) is 19.4. The van der Waals surface area contributed by atoms with Crippen molar-refractivity contribution in [2.45, 2.75) is 46.1 Å². The molecule has 1 N–H and O–H groups in total. The van der Waals surface area contributed by atoms with E-state index in [1.54, 1.807) is 17.0 Å². The van der Waals surface area contributed by atoms with Crippen molar-refractivity contribution in [2.24, 2.45) is 0 Å². The zero-order valence-electron chi connectivity index (χ0n) is 18.6. The lowest BCUT2D eigenvalue weighted by Gasteiger charge is -2.35. The SMILES string of the molecule is CCCCCN1C(=O)NC(c2ccc(C)cc2)C(c2nc(-c3cccc(Cl)c3)no2)=C1C. The molecule has 0 aliphatic carbocycles. The predicted octanol–water partition coefficient (Wildman–Crippen LogP) is 6.39. The molecule has 32 heavy (non-hydrogen) atoms. The van der Waals surface area contributed by atoms with E-state index in [2.05, 4.69) is 22.4 Å². The molecule has 0 spiro atoms. The third-order valence-corrected chi connectivity index (χ3v) is 5.97. The second-order valence-electron chi connectivity index (χ2n) is 8.08. The highest BCUT2D eigenvalue weighted by molar-refractivity contribution is 6.30. The molecule has 3 aromatic rings. The monoisotopic (exact) mass is 450 g/mol. The number of nitrogens with zero attached hydrogens (tertiary/aromatic N) is 3. The van der Waals surface area contributed by atoms with Crippen LogP contribution in [0, 0.1) is 6.92 Å². The Morgan fingerprint density at radius 1 is 1.12 bits per heavy atom. The summed E-state index contributed by atoms with van der Waals surface area (Å²) in [6.45, 7) is 6.78. The molecular formula is C25H27ClN4O2. The molecule has 0 saturated heterocycles. The summed E-state index contributed by atoms with van der Waals surface area (Å²) in [6.07, 6.45) is 3.08. The Morgan fingerprint density at radius 3 is 2.62 bits per heavy atom. The van der Waals surface area contributed by atoms with Gasteiger partial charge in [-0.15, -0.1) is 0 Å². The number of carbonyl (C=O) groups is 1. The summed E-state index contributed by atoms with van der Waals surface area (Å²) in [5.74, 6) is 0.850. The summed E-state index contributed by atoms with van der Waals surface area (Å²) < 4.78 is 5.71. The Hall–Kier alpha value is -3.12. The maximum absolute atomic E-state index is 13.0. The summed E-state index contributed by atoms with van der Waals surface area (Å²) in [5, 5.41) is 7.94. The molecule has 1 unspecified atom stereocenters. The third-order valence-electron chi connectivity index (χ3n) is 5.73. The number of rotatable bonds is 7. The molecule has 1 aliphatic heterocycles. The normalized spacial score (nSPS) is 16.4. The zero-order valence-corrected chi connectivity index (χ0v) is 19.3. The predicted molar refractivity (Wildman–Crippen MR) is 126 cm³/mol. The molecule has 2 aromatic carbocycles. The smallest absolute Gasteiger partial charge is 0.322 e. The summed E-state index contributed by atoms with van der Waals surface area (Å²) in [5.41, 5.74) is 4.54. The molecule has 2 amide bonds. The van der Waals surface area contributed by atoms with Gasteiger partial charge in [0.1, 0.15) is 0 Å². The quantitative estimate of drug-likeness (QED) is 0.423. The van der Waals surface area contributed by atoms with E-state index in [-0.39, 0.29) is 12.1 Å². The first kappa shape index (κ1) is 22.1. The summed E-state index contributed by atoms with van der Waals surface area (Å²) >= 11 is 6.14. The van der Waals surface area contributed by atoms with E-state index >= 15 is 0 Å². The Bertz CT molecular complexity index is 1140. The Labute approximate surface area is 193 Å². The van der Waals surface area contributed by atoms with Crippen LogP contribution in [-0.2, 0) is 0 Å². The van der Waals surface area contributed by atoms with Crippen molar-refractivity contribution in [1.29, 1.82) is 0 Å². The number of unbranched alkanes of at least 4 members (excludes halogenated alkanes) is 2. The molecule has 1 atom stereocenters. The minimum atomic E-state index is -0.377. The van der Waals surface area contributed by atoms with Gasteiger partial charge in [-0.3, -0.25) is 4.90 Å². The first-order valence-electron chi connectivity index (χ1n) is 10.9. The van der Waals surface area contributed by atoms with Gasteiger partial charge in [0, 0.05) is 22.8 Å². The molecule has 6 nitrogen and oxygen atoms in total. The lowest BCUT2D eigenvalue weighted by atomic mass is 9.94. The second-order valence-corrected chi connectivity index (χ2v) is 8.52. The first-order valence-corrected chi connectivity index (χ1v) is 11.3. The van der Waals surface area contributed by atoms with Crippen molar-refractivity contribution in [3.8, 4) is 11.4 Å².